The molecule has 1 aliphatic carbocycles. The van der Waals surface area contributed by atoms with Crippen LogP contribution < -0.4 is 5.32 Å². The number of allylic oxidation sites excluding steroid dienone is 2. The molecule has 0 saturated carbocycles. The van der Waals surface area contributed by atoms with Gasteiger partial charge in [-0.25, -0.2) is 0 Å². The van der Waals surface area contributed by atoms with E-state index in [4.69, 9.17) is 9.41 Å². The lowest BCUT2D eigenvalue weighted by Crippen LogP contribution is -2.24. The van der Waals surface area contributed by atoms with Gasteiger partial charge in [-0.15, -0.1) is 0 Å². The molecule has 8 rings (SSSR count). The topological polar surface area (TPSA) is 37.5 Å². The molecule has 2 heterocycles. The molecule has 3 nitrogen and oxygen atoms in total. The third kappa shape index (κ3) is 4.89. The van der Waals surface area contributed by atoms with Crippen molar-refractivity contribution in [2.45, 2.75) is 19.0 Å². The van der Waals surface area contributed by atoms with Crippen LogP contribution in [0.5, 0.6) is 0 Å². The first kappa shape index (κ1) is 25.3. The fourth-order valence-corrected chi connectivity index (χ4v) is 6.19. The first-order chi connectivity index (χ1) is 21.3. The molecule has 0 fully saturated rings. The van der Waals surface area contributed by atoms with Gasteiger partial charge in [0.1, 0.15) is 17.5 Å². The first-order valence-electron chi connectivity index (χ1n) is 14.9. The SMILES string of the molecule is C1=C(c2cccc(-c3ccccc3)c2)CCc2oc3ccc(C4=NC(c5ccccc5)NC(c5ccccc5)=C4)cc3c21. The Morgan fingerprint density at radius 3 is 2.07 bits per heavy atom. The highest BCUT2D eigenvalue weighted by molar-refractivity contribution is 6.14. The quantitative estimate of drug-likeness (QED) is 0.230. The van der Waals surface area contributed by atoms with Crippen LogP contribution in [0.1, 0.15) is 46.2 Å². The highest BCUT2D eigenvalue weighted by atomic mass is 16.3. The second kappa shape index (κ2) is 10.8. The molecule has 1 unspecified atom stereocenters. The van der Waals surface area contributed by atoms with Crippen LogP contribution >= 0.6 is 0 Å². The number of benzene rings is 5. The number of hydrogen-bond acceptors (Lipinski definition) is 3. The van der Waals surface area contributed by atoms with Gasteiger partial charge in [-0.1, -0.05) is 109 Å². The number of hydrogen-bond donors (Lipinski definition) is 1. The number of aliphatic imine (C=N–C) groups is 1. The van der Waals surface area contributed by atoms with E-state index in [2.05, 4.69) is 139 Å². The number of nitrogens with zero attached hydrogens (tertiary/aromatic N) is 1. The maximum atomic E-state index is 6.38. The van der Waals surface area contributed by atoms with E-state index < -0.39 is 0 Å². The summed E-state index contributed by atoms with van der Waals surface area (Å²) >= 11 is 0. The molecule has 1 atom stereocenters. The summed E-state index contributed by atoms with van der Waals surface area (Å²) in [7, 11) is 0. The minimum absolute atomic E-state index is 0.172. The number of fused-ring (bicyclic) bond motifs is 3. The Bertz CT molecular complexity index is 2030. The molecule has 0 amide bonds. The van der Waals surface area contributed by atoms with Crippen molar-refractivity contribution in [3.63, 3.8) is 0 Å². The van der Waals surface area contributed by atoms with Crippen LogP contribution in [0.15, 0.2) is 149 Å². The Kier molecular flexibility index (Phi) is 6.34. The Labute approximate surface area is 251 Å². The van der Waals surface area contributed by atoms with Gasteiger partial charge >= 0.3 is 0 Å². The molecule has 1 N–H and O–H groups in total. The summed E-state index contributed by atoms with van der Waals surface area (Å²) in [5.41, 5.74) is 12.6. The molecule has 43 heavy (non-hydrogen) atoms. The lowest BCUT2D eigenvalue weighted by molar-refractivity contribution is 0.548. The van der Waals surface area contributed by atoms with E-state index in [1.54, 1.807) is 0 Å². The van der Waals surface area contributed by atoms with Crippen molar-refractivity contribution in [2.24, 2.45) is 4.99 Å². The van der Waals surface area contributed by atoms with Gasteiger partial charge in [0.2, 0.25) is 0 Å². The van der Waals surface area contributed by atoms with Gasteiger partial charge in [0.25, 0.3) is 0 Å². The molecule has 1 aromatic heterocycles. The molecule has 0 spiro atoms. The van der Waals surface area contributed by atoms with E-state index in [9.17, 15) is 0 Å². The van der Waals surface area contributed by atoms with Gasteiger partial charge in [0, 0.05) is 28.6 Å². The van der Waals surface area contributed by atoms with Crippen LogP contribution in [0, 0.1) is 0 Å². The maximum absolute atomic E-state index is 6.38. The average Bonchev–Trinajstić information content (AvgIpc) is 3.46. The third-order valence-corrected chi connectivity index (χ3v) is 8.42. The van der Waals surface area contributed by atoms with Crippen molar-refractivity contribution < 1.29 is 4.42 Å². The van der Waals surface area contributed by atoms with Gasteiger partial charge in [-0.3, -0.25) is 4.99 Å². The van der Waals surface area contributed by atoms with Gasteiger partial charge in [0.15, 0.2) is 0 Å². The maximum Gasteiger partial charge on any atom is 0.145 e. The number of aryl methyl sites for hydroxylation is 1. The second-order valence-electron chi connectivity index (χ2n) is 11.2. The van der Waals surface area contributed by atoms with Gasteiger partial charge in [0.05, 0.1) is 5.71 Å². The van der Waals surface area contributed by atoms with Crippen molar-refractivity contribution in [3.05, 3.63) is 173 Å². The normalized spacial score (nSPS) is 16.1. The summed E-state index contributed by atoms with van der Waals surface area (Å²) in [5, 5.41) is 4.79. The average molecular weight is 555 g/mol. The zero-order valence-corrected chi connectivity index (χ0v) is 23.7. The standard InChI is InChI=1S/C40H30N2O/c1-4-11-27(12-5-1)30-17-10-18-31(23-30)32-19-21-38-34(24-32)35-25-33(20-22-39(35)43-38)37-26-36(28-13-6-2-7-14-28)41-40(42-37)29-15-8-3-9-16-29/h1-18,20,22-26,40-41H,19,21H2. The summed E-state index contributed by atoms with van der Waals surface area (Å²) < 4.78 is 6.38. The van der Waals surface area contributed by atoms with E-state index in [1.165, 1.54) is 27.8 Å². The molecule has 2 aliphatic rings. The smallest absolute Gasteiger partial charge is 0.145 e. The number of furan rings is 1. The van der Waals surface area contributed by atoms with E-state index >= 15 is 0 Å². The minimum Gasteiger partial charge on any atom is -0.460 e. The van der Waals surface area contributed by atoms with Crippen LogP contribution in [0.25, 0.3) is 39.4 Å². The van der Waals surface area contributed by atoms with E-state index in [-0.39, 0.29) is 6.17 Å². The molecular formula is C40H30N2O. The molecule has 206 valence electrons. The largest absolute Gasteiger partial charge is 0.460 e. The molecule has 1 aliphatic heterocycles. The Hall–Kier alpha value is -5.41. The lowest BCUT2D eigenvalue weighted by atomic mass is 9.90. The molecule has 3 heteroatoms. The van der Waals surface area contributed by atoms with Gasteiger partial charge in [-0.05, 0) is 76.2 Å². The number of nitrogens with one attached hydrogen (secondary N) is 1. The second-order valence-corrected chi connectivity index (χ2v) is 11.2. The monoisotopic (exact) mass is 554 g/mol. The Balaban J connectivity index is 1.20. The van der Waals surface area contributed by atoms with Crippen LogP contribution in [-0.2, 0) is 6.42 Å². The fraction of sp³-hybridized carbons (Fsp3) is 0.0750. The zero-order chi connectivity index (χ0) is 28.6. The van der Waals surface area contributed by atoms with Crippen LogP contribution in [0.2, 0.25) is 0 Å². The Morgan fingerprint density at radius 1 is 0.581 bits per heavy atom. The highest BCUT2D eigenvalue weighted by Crippen LogP contribution is 2.38. The van der Waals surface area contributed by atoms with E-state index in [1.807, 2.05) is 12.1 Å². The summed E-state index contributed by atoms with van der Waals surface area (Å²) in [6.45, 7) is 0. The van der Waals surface area contributed by atoms with E-state index in [0.29, 0.717) is 0 Å². The fourth-order valence-electron chi connectivity index (χ4n) is 6.19. The third-order valence-electron chi connectivity index (χ3n) is 8.42. The predicted molar refractivity (Wildman–Crippen MR) is 178 cm³/mol. The molecule has 0 radical (unpaired) electrons. The van der Waals surface area contributed by atoms with Crippen molar-refractivity contribution in [1.82, 2.24) is 5.32 Å². The van der Waals surface area contributed by atoms with E-state index in [0.717, 1.165) is 57.7 Å². The lowest BCUT2D eigenvalue weighted by Gasteiger charge is -2.25. The molecule has 6 aromatic rings. The zero-order valence-electron chi connectivity index (χ0n) is 23.7. The van der Waals surface area contributed by atoms with Crippen molar-refractivity contribution in [3.8, 4) is 11.1 Å². The molecule has 5 aromatic carbocycles. The molecule has 0 bridgehead atoms. The summed E-state index contributed by atoms with van der Waals surface area (Å²) in [4.78, 5) is 5.19. The summed E-state index contributed by atoms with van der Waals surface area (Å²) in [6.07, 6.45) is 6.17. The highest BCUT2D eigenvalue weighted by Gasteiger charge is 2.22. The summed E-state index contributed by atoms with van der Waals surface area (Å²) in [6, 6.07) is 46.9. The van der Waals surface area contributed by atoms with Crippen LogP contribution in [0.4, 0.5) is 0 Å². The van der Waals surface area contributed by atoms with Crippen molar-refractivity contribution in [2.75, 3.05) is 0 Å². The molecular weight excluding hydrogens is 524 g/mol. The van der Waals surface area contributed by atoms with Crippen molar-refractivity contribution in [1.29, 1.82) is 0 Å². The predicted octanol–water partition coefficient (Wildman–Crippen LogP) is 9.72. The first-order valence-corrected chi connectivity index (χ1v) is 14.9. The minimum atomic E-state index is -0.172. The van der Waals surface area contributed by atoms with Crippen LogP contribution in [0.3, 0.4) is 0 Å². The molecule has 0 saturated heterocycles. The van der Waals surface area contributed by atoms with Gasteiger partial charge < -0.3 is 9.73 Å². The summed E-state index contributed by atoms with van der Waals surface area (Å²) in [5.74, 6) is 1.06. The van der Waals surface area contributed by atoms with Gasteiger partial charge in [-0.2, -0.15) is 0 Å². The number of rotatable bonds is 5. The van der Waals surface area contributed by atoms with Crippen LogP contribution in [-0.4, -0.2) is 5.71 Å². The Morgan fingerprint density at radius 2 is 1.28 bits per heavy atom. The van der Waals surface area contributed by atoms with Crippen molar-refractivity contribution >= 4 is 34.0 Å².